The molecule has 2 fully saturated rings. The molecule has 2 unspecified atom stereocenters. The molecule has 1 N–H and O–H groups in total. The number of carboxylic acids is 1. The summed E-state index contributed by atoms with van der Waals surface area (Å²) in [7, 11) is 0. The standard InChI is InChI=1S/C12H18N2O4/c1-8(15)13-6-2-4-9(13)11(16)14-7-3-5-10(14)12(17)18/h9-10H,2-7H2,1H3,(H,17,18). The first-order valence-electron chi connectivity index (χ1n) is 6.33. The van der Waals surface area contributed by atoms with Crippen LogP contribution in [0.2, 0.25) is 0 Å². The number of carbonyl (C=O) groups excluding carboxylic acids is 2. The molecule has 0 radical (unpaired) electrons. The Kier molecular flexibility index (Phi) is 3.54. The van der Waals surface area contributed by atoms with Crippen LogP contribution in [0.25, 0.3) is 0 Å². The first-order chi connectivity index (χ1) is 8.52. The van der Waals surface area contributed by atoms with Crippen LogP contribution in [0.15, 0.2) is 0 Å². The Morgan fingerprint density at radius 3 is 2.11 bits per heavy atom. The maximum Gasteiger partial charge on any atom is 0.326 e. The molecular weight excluding hydrogens is 236 g/mol. The van der Waals surface area contributed by atoms with Crippen LogP contribution in [-0.2, 0) is 14.4 Å². The van der Waals surface area contributed by atoms with Gasteiger partial charge in [0.15, 0.2) is 0 Å². The van der Waals surface area contributed by atoms with E-state index in [0.29, 0.717) is 25.9 Å². The Labute approximate surface area is 106 Å². The lowest BCUT2D eigenvalue weighted by Crippen LogP contribution is -2.50. The van der Waals surface area contributed by atoms with Crippen molar-refractivity contribution < 1.29 is 19.5 Å². The molecule has 6 heteroatoms. The van der Waals surface area contributed by atoms with Crippen LogP contribution >= 0.6 is 0 Å². The van der Waals surface area contributed by atoms with Crippen molar-refractivity contribution >= 4 is 17.8 Å². The van der Waals surface area contributed by atoms with Crippen molar-refractivity contribution in [2.75, 3.05) is 13.1 Å². The van der Waals surface area contributed by atoms with E-state index in [2.05, 4.69) is 0 Å². The summed E-state index contributed by atoms with van der Waals surface area (Å²) in [4.78, 5) is 37.8. The molecule has 0 aromatic rings. The molecule has 0 aromatic heterocycles. The van der Waals surface area contributed by atoms with E-state index in [1.807, 2.05) is 0 Å². The molecule has 2 atom stereocenters. The summed E-state index contributed by atoms with van der Waals surface area (Å²) in [6, 6.07) is -1.17. The van der Waals surface area contributed by atoms with E-state index in [-0.39, 0.29) is 11.8 Å². The van der Waals surface area contributed by atoms with E-state index >= 15 is 0 Å². The molecule has 0 spiro atoms. The summed E-state index contributed by atoms with van der Waals surface area (Å²) < 4.78 is 0. The zero-order valence-electron chi connectivity index (χ0n) is 10.5. The SMILES string of the molecule is CC(=O)N1CCCC1C(=O)N1CCCC1C(=O)O. The quantitative estimate of drug-likeness (QED) is 0.756. The van der Waals surface area contributed by atoms with E-state index in [0.717, 1.165) is 12.8 Å². The highest BCUT2D eigenvalue weighted by molar-refractivity contribution is 5.90. The number of carboxylic acid groups (broad SMARTS) is 1. The predicted octanol–water partition coefficient (Wildman–Crippen LogP) is 0.0729. The fourth-order valence-corrected chi connectivity index (χ4v) is 2.88. The third-order valence-electron chi connectivity index (χ3n) is 3.76. The third kappa shape index (κ3) is 2.19. The van der Waals surface area contributed by atoms with Gasteiger partial charge in [0.05, 0.1) is 0 Å². The molecule has 0 bridgehead atoms. The maximum absolute atomic E-state index is 12.3. The van der Waals surface area contributed by atoms with E-state index in [1.54, 1.807) is 4.90 Å². The first-order valence-corrected chi connectivity index (χ1v) is 6.33. The largest absolute Gasteiger partial charge is 0.480 e. The van der Waals surface area contributed by atoms with Crippen molar-refractivity contribution in [1.29, 1.82) is 0 Å². The van der Waals surface area contributed by atoms with Gasteiger partial charge < -0.3 is 14.9 Å². The van der Waals surface area contributed by atoms with Gasteiger partial charge >= 0.3 is 5.97 Å². The summed E-state index contributed by atoms with van der Waals surface area (Å²) in [6.07, 6.45) is 2.67. The predicted molar refractivity (Wildman–Crippen MR) is 62.8 cm³/mol. The molecule has 0 aromatic carbocycles. The normalized spacial score (nSPS) is 27.6. The van der Waals surface area contributed by atoms with Gasteiger partial charge in [0.25, 0.3) is 0 Å². The van der Waals surface area contributed by atoms with Crippen molar-refractivity contribution in [1.82, 2.24) is 9.80 Å². The summed E-state index contributed by atoms with van der Waals surface area (Å²) in [5.41, 5.74) is 0. The fraction of sp³-hybridized carbons (Fsp3) is 0.750. The number of amides is 2. The Hall–Kier alpha value is -1.59. The minimum Gasteiger partial charge on any atom is -0.480 e. The Morgan fingerprint density at radius 1 is 1.00 bits per heavy atom. The van der Waals surface area contributed by atoms with Gasteiger partial charge in [0.1, 0.15) is 12.1 Å². The number of carbonyl (C=O) groups is 3. The average Bonchev–Trinajstić information content (AvgIpc) is 2.97. The molecule has 2 heterocycles. The van der Waals surface area contributed by atoms with Gasteiger partial charge in [0, 0.05) is 20.0 Å². The van der Waals surface area contributed by atoms with Crippen LogP contribution in [0.4, 0.5) is 0 Å². The minimum atomic E-state index is -0.951. The van der Waals surface area contributed by atoms with E-state index < -0.39 is 18.1 Å². The smallest absolute Gasteiger partial charge is 0.326 e. The van der Waals surface area contributed by atoms with E-state index in [9.17, 15) is 14.4 Å². The van der Waals surface area contributed by atoms with Crippen molar-refractivity contribution in [3.8, 4) is 0 Å². The van der Waals surface area contributed by atoms with Crippen LogP contribution in [0.5, 0.6) is 0 Å². The minimum absolute atomic E-state index is 0.114. The zero-order valence-corrected chi connectivity index (χ0v) is 10.5. The van der Waals surface area contributed by atoms with Gasteiger partial charge in [-0.15, -0.1) is 0 Å². The lowest BCUT2D eigenvalue weighted by Gasteiger charge is -2.29. The number of hydrogen-bond acceptors (Lipinski definition) is 3. The Morgan fingerprint density at radius 2 is 1.56 bits per heavy atom. The summed E-state index contributed by atoms with van der Waals surface area (Å²) in [5.74, 6) is -1.27. The number of hydrogen-bond donors (Lipinski definition) is 1. The molecule has 2 aliphatic heterocycles. The highest BCUT2D eigenvalue weighted by atomic mass is 16.4. The monoisotopic (exact) mass is 254 g/mol. The van der Waals surface area contributed by atoms with Crippen molar-refractivity contribution in [3.63, 3.8) is 0 Å². The Balaban J connectivity index is 2.11. The summed E-state index contributed by atoms with van der Waals surface area (Å²) in [6.45, 7) is 2.53. The van der Waals surface area contributed by atoms with Crippen LogP contribution < -0.4 is 0 Å². The summed E-state index contributed by atoms with van der Waals surface area (Å²) in [5, 5.41) is 9.08. The summed E-state index contributed by atoms with van der Waals surface area (Å²) >= 11 is 0. The first kappa shape index (κ1) is 12.9. The average molecular weight is 254 g/mol. The molecule has 6 nitrogen and oxygen atoms in total. The number of likely N-dealkylation sites (tertiary alicyclic amines) is 2. The van der Waals surface area contributed by atoms with Gasteiger partial charge in [-0.3, -0.25) is 9.59 Å². The highest BCUT2D eigenvalue weighted by Crippen LogP contribution is 2.24. The number of rotatable bonds is 2. The molecule has 0 aliphatic carbocycles. The van der Waals surface area contributed by atoms with Gasteiger partial charge in [0.2, 0.25) is 11.8 Å². The topological polar surface area (TPSA) is 77.9 Å². The van der Waals surface area contributed by atoms with Crippen LogP contribution in [-0.4, -0.2) is 57.9 Å². The molecule has 100 valence electrons. The number of nitrogens with zero attached hydrogens (tertiary/aromatic N) is 2. The third-order valence-corrected chi connectivity index (χ3v) is 3.76. The van der Waals surface area contributed by atoms with Crippen molar-refractivity contribution in [2.24, 2.45) is 0 Å². The van der Waals surface area contributed by atoms with Crippen molar-refractivity contribution in [2.45, 2.75) is 44.7 Å². The highest BCUT2D eigenvalue weighted by Gasteiger charge is 2.41. The van der Waals surface area contributed by atoms with Crippen LogP contribution in [0.3, 0.4) is 0 Å². The van der Waals surface area contributed by atoms with E-state index in [4.69, 9.17) is 5.11 Å². The lowest BCUT2D eigenvalue weighted by molar-refractivity contribution is -0.151. The van der Waals surface area contributed by atoms with Crippen molar-refractivity contribution in [3.05, 3.63) is 0 Å². The zero-order chi connectivity index (χ0) is 13.3. The van der Waals surface area contributed by atoms with Crippen LogP contribution in [0.1, 0.15) is 32.6 Å². The molecule has 2 amide bonds. The number of aliphatic carboxylic acids is 1. The van der Waals surface area contributed by atoms with Gasteiger partial charge in [-0.05, 0) is 25.7 Å². The maximum atomic E-state index is 12.3. The molecule has 2 rings (SSSR count). The fourth-order valence-electron chi connectivity index (χ4n) is 2.88. The molecule has 18 heavy (non-hydrogen) atoms. The second-order valence-electron chi connectivity index (χ2n) is 4.90. The molecule has 0 saturated carbocycles. The van der Waals surface area contributed by atoms with Gasteiger partial charge in [-0.25, -0.2) is 4.79 Å². The van der Waals surface area contributed by atoms with E-state index in [1.165, 1.54) is 11.8 Å². The van der Waals surface area contributed by atoms with Gasteiger partial charge in [-0.2, -0.15) is 0 Å². The lowest BCUT2D eigenvalue weighted by atomic mass is 10.1. The second kappa shape index (κ2) is 4.96. The molecule has 2 aliphatic rings. The molecule has 2 saturated heterocycles. The molecular formula is C12H18N2O4. The van der Waals surface area contributed by atoms with Gasteiger partial charge in [-0.1, -0.05) is 0 Å². The second-order valence-corrected chi connectivity index (χ2v) is 4.90. The Bertz CT molecular complexity index is 348. The van der Waals surface area contributed by atoms with Crippen LogP contribution in [0, 0.1) is 0 Å².